The summed E-state index contributed by atoms with van der Waals surface area (Å²) in [5.74, 6) is 2.41. The molecule has 33 heavy (non-hydrogen) atoms. The van der Waals surface area contributed by atoms with Crippen LogP contribution >= 0.6 is 0 Å². The highest BCUT2D eigenvalue weighted by Gasteiger charge is 2.42. The van der Waals surface area contributed by atoms with Gasteiger partial charge in [-0.05, 0) is 42.5 Å². The van der Waals surface area contributed by atoms with E-state index in [-0.39, 0.29) is 17.5 Å². The number of methoxy groups -OCH3 is 3. The standard InChI is InChI=1S/C25H24N2O6/c1-30-15-8-10-20(28)17(12-15)18-13-19-16-5-4-6-22(31-2)24(16)33-25(27(19)26-18)14-7-9-21(29)23(11-14)32-3/h4-12,19,25,28-29H,13H2,1-3H3. The van der Waals surface area contributed by atoms with Crippen molar-refractivity contribution in [3.05, 3.63) is 71.3 Å². The minimum atomic E-state index is -0.599. The molecule has 0 radical (unpaired) electrons. The van der Waals surface area contributed by atoms with Gasteiger partial charge in [-0.3, -0.25) is 0 Å². The van der Waals surface area contributed by atoms with Gasteiger partial charge in [0, 0.05) is 23.1 Å². The molecular weight excluding hydrogens is 424 g/mol. The van der Waals surface area contributed by atoms with Crippen molar-refractivity contribution in [2.45, 2.75) is 18.7 Å². The summed E-state index contributed by atoms with van der Waals surface area (Å²) in [6.07, 6.45) is -0.0470. The molecule has 8 heteroatoms. The average molecular weight is 448 g/mol. The molecule has 8 nitrogen and oxygen atoms in total. The summed E-state index contributed by atoms with van der Waals surface area (Å²) in [5, 5.41) is 27.3. The van der Waals surface area contributed by atoms with Crippen LogP contribution in [0, 0.1) is 0 Å². The highest BCUT2D eigenvalue weighted by atomic mass is 16.5. The van der Waals surface area contributed by atoms with Crippen LogP contribution in [0.5, 0.6) is 34.5 Å². The molecule has 5 rings (SSSR count). The van der Waals surface area contributed by atoms with E-state index in [2.05, 4.69) is 0 Å². The molecule has 0 saturated carbocycles. The molecule has 0 amide bonds. The van der Waals surface area contributed by atoms with Crippen LogP contribution in [-0.2, 0) is 0 Å². The van der Waals surface area contributed by atoms with Gasteiger partial charge in [-0.2, -0.15) is 5.10 Å². The van der Waals surface area contributed by atoms with Crippen molar-refractivity contribution in [1.82, 2.24) is 5.01 Å². The average Bonchev–Trinajstić information content (AvgIpc) is 3.29. The predicted molar refractivity (Wildman–Crippen MR) is 121 cm³/mol. The molecule has 0 aromatic heterocycles. The third kappa shape index (κ3) is 3.44. The van der Waals surface area contributed by atoms with Crippen LogP contribution in [0.2, 0.25) is 0 Å². The lowest BCUT2D eigenvalue weighted by molar-refractivity contribution is -0.0210. The fourth-order valence-corrected chi connectivity index (χ4v) is 4.35. The van der Waals surface area contributed by atoms with Crippen LogP contribution < -0.4 is 18.9 Å². The van der Waals surface area contributed by atoms with E-state index in [0.717, 1.165) is 11.1 Å². The Kier molecular flexibility index (Phi) is 5.12. The number of hydrogen-bond acceptors (Lipinski definition) is 8. The van der Waals surface area contributed by atoms with E-state index in [1.165, 1.54) is 7.11 Å². The number of ether oxygens (including phenoxy) is 4. The van der Waals surface area contributed by atoms with Crippen molar-refractivity contribution in [1.29, 1.82) is 0 Å². The Labute approximate surface area is 191 Å². The second-order valence-electron chi connectivity index (χ2n) is 7.81. The smallest absolute Gasteiger partial charge is 0.214 e. The number of fused-ring (bicyclic) bond motifs is 3. The van der Waals surface area contributed by atoms with Crippen LogP contribution in [0.25, 0.3) is 0 Å². The van der Waals surface area contributed by atoms with Crippen molar-refractivity contribution in [2.24, 2.45) is 5.10 Å². The Balaban J connectivity index is 1.64. The molecule has 2 heterocycles. The maximum absolute atomic E-state index is 10.5. The highest BCUT2D eigenvalue weighted by Crippen LogP contribution is 2.51. The van der Waals surface area contributed by atoms with Crippen molar-refractivity contribution < 1.29 is 29.2 Å². The molecule has 0 aliphatic carbocycles. The lowest BCUT2D eigenvalue weighted by atomic mass is 9.95. The van der Waals surface area contributed by atoms with E-state index in [4.69, 9.17) is 24.0 Å². The number of rotatable bonds is 5. The van der Waals surface area contributed by atoms with E-state index < -0.39 is 6.23 Å². The fourth-order valence-electron chi connectivity index (χ4n) is 4.35. The van der Waals surface area contributed by atoms with Crippen LogP contribution in [0.3, 0.4) is 0 Å². The molecule has 3 aromatic rings. The molecule has 170 valence electrons. The summed E-state index contributed by atoms with van der Waals surface area (Å²) in [7, 11) is 4.69. The fraction of sp³-hybridized carbons (Fsp3) is 0.240. The Morgan fingerprint density at radius 3 is 2.45 bits per heavy atom. The summed E-state index contributed by atoms with van der Waals surface area (Å²) in [4.78, 5) is 0. The Hall–Kier alpha value is -4.07. The zero-order valence-corrected chi connectivity index (χ0v) is 18.5. The van der Waals surface area contributed by atoms with Crippen LogP contribution in [0.4, 0.5) is 0 Å². The molecule has 2 N–H and O–H groups in total. The normalized spacial score (nSPS) is 18.6. The Bertz CT molecular complexity index is 1240. The maximum atomic E-state index is 10.5. The number of nitrogens with zero attached hydrogens (tertiary/aromatic N) is 2. The lowest BCUT2D eigenvalue weighted by Gasteiger charge is -2.38. The number of phenols is 2. The number of phenolic OH excluding ortho intramolecular Hbond substituents is 2. The monoisotopic (exact) mass is 448 g/mol. The molecule has 0 saturated heterocycles. The molecular formula is C25H24N2O6. The van der Waals surface area contributed by atoms with Gasteiger partial charge < -0.3 is 29.2 Å². The molecule has 0 bridgehead atoms. The number of hydrogen-bond donors (Lipinski definition) is 2. The lowest BCUT2D eigenvalue weighted by Crippen LogP contribution is -2.33. The largest absolute Gasteiger partial charge is 0.507 e. The van der Waals surface area contributed by atoms with Crippen molar-refractivity contribution in [2.75, 3.05) is 21.3 Å². The van der Waals surface area contributed by atoms with Crippen LogP contribution in [-0.4, -0.2) is 42.3 Å². The minimum absolute atomic E-state index is 0.0403. The first-order valence-electron chi connectivity index (χ1n) is 10.5. The molecule has 2 atom stereocenters. The molecule has 2 aliphatic rings. The van der Waals surface area contributed by atoms with Gasteiger partial charge in [0.2, 0.25) is 6.23 Å². The molecule has 0 spiro atoms. The van der Waals surface area contributed by atoms with Gasteiger partial charge in [-0.1, -0.05) is 12.1 Å². The minimum Gasteiger partial charge on any atom is -0.507 e. The number of aromatic hydroxyl groups is 2. The van der Waals surface area contributed by atoms with Crippen molar-refractivity contribution in [3.8, 4) is 34.5 Å². The number of benzene rings is 3. The highest BCUT2D eigenvalue weighted by molar-refractivity contribution is 6.04. The van der Waals surface area contributed by atoms with Gasteiger partial charge in [-0.15, -0.1) is 0 Å². The van der Waals surface area contributed by atoms with Crippen LogP contribution in [0.1, 0.15) is 35.4 Å². The topological polar surface area (TPSA) is 93.0 Å². The summed E-state index contributed by atoms with van der Waals surface area (Å²) < 4.78 is 22.6. The van der Waals surface area contributed by atoms with E-state index in [9.17, 15) is 10.2 Å². The zero-order chi connectivity index (χ0) is 23.1. The Morgan fingerprint density at radius 2 is 1.70 bits per heavy atom. The predicted octanol–water partition coefficient (Wildman–Crippen LogP) is 4.37. The summed E-state index contributed by atoms with van der Waals surface area (Å²) >= 11 is 0. The summed E-state index contributed by atoms with van der Waals surface area (Å²) in [6, 6.07) is 15.8. The Morgan fingerprint density at radius 1 is 0.909 bits per heavy atom. The molecule has 2 unspecified atom stereocenters. The third-order valence-corrected chi connectivity index (χ3v) is 6.00. The molecule has 0 fully saturated rings. The molecule has 3 aromatic carbocycles. The first kappa shape index (κ1) is 20.8. The summed E-state index contributed by atoms with van der Waals surface area (Å²) in [6.45, 7) is 0. The second-order valence-corrected chi connectivity index (χ2v) is 7.81. The first-order chi connectivity index (χ1) is 16.0. The van der Waals surface area contributed by atoms with Crippen molar-refractivity contribution in [3.63, 3.8) is 0 Å². The van der Waals surface area contributed by atoms with E-state index >= 15 is 0 Å². The number of hydrazone groups is 1. The second kappa shape index (κ2) is 8.12. The maximum Gasteiger partial charge on any atom is 0.214 e. The quantitative estimate of drug-likeness (QED) is 0.599. The SMILES string of the molecule is COc1ccc(O)c(C2=NN3C(C2)c2cccc(OC)c2OC3c2ccc(O)c(OC)c2)c1. The van der Waals surface area contributed by atoms with Gasteiger partial charge in [0.05, 0.1) is 33.1 Å². The number of para-hydroxylation sites is 1. The van der Waals surface area contributed by atoms with Gasteiger partial charge in [-0.25, -0.2) is 5.01 Å². The van der Waals surface area contributed by atoms with Crippen LogP contribution in [0.15, 0.2) is 59.7 Å². The van der Waals surface area contributed by atoms with E-state index in [1.54, 1.807) is 50.6 Å². The van der Waals surface area contributed by atoms with Gasteiger partial charge in [0.25, 0.3) is 0 Å². The first-order valence-corrected chi connectivity index (χ1v) is 10.5. The summed E-state index contributed by atoms with van der Waals surface area (Å²) in [5.41, 5.74) is 3.02. The van der Waals surface area contributed by atoms with Gasteiger partial charge >= 0.3 is 0 Å². The van der Waals surface area contributed by atoms with Crippen molar-refractivity contribution >= 4 is 5.71 Å². The third-order valence-electron chi connectivity index (χ3n) is 6.00. The van der Waals surface area contributed by atoms with Gasteiger partial charge in [0.15, 0.2) is 23.0 Å². The molecule has 2 aliphatic heterocycles. The van der Waals surface area contributed by atoms with E-state index in [1.807, 2.05) is 23.2 Å². The van der Waals surface area contributed by atoms with E-state index in [0.29, 0.717) is 40.7 Å². The van der Waals surface area contributed by atoms with Gasteiger partial charge in [0.1, 0.15) is 11.5 Å². The zero-order valence-electron chi connectivity index (χ0n) is 18.5.